The molecule has 1 aliphatic rings. The SMILES string of the molecule is Cc1ccccc1NC(=O)[C@H]1CC(=O)N(c2c(C)cccc2C)C1. The fourth-order valence-corrected chi connectivity index (χ4v) is 3.28. The molecule has 0 aromatic heterocycles. The van der Waals surface area contributed by atoms with Crippen LogP contribution in [0.15, 0.2) is 42.5 Å². The second-order valence-corrected chi connectivity index (χ2v) is 6.45. The van der Waals surface area contributed by atoms with E-state index in [1.807, 2.05) is 63.2 Å². The number of carbonyl (C=O) groups is 2. The van der Waals surface area contributed by atoms with Gasteiger partial charge >= 0.3 is 0 Å². The molecule has 0 spiro atoms. The first kappa shape index (κ1) is 16.2. The third-order valence-corrected chi connectivity index (χ3v) is 4.61. The molecule has 0 bridgehead atoms. The van der Waals surface area contributed by atoms with Crippen molar-refractivity contribution in [1.82, 2.24) is 0 Å². The Kier molecular flexibility index (Phi) is 4.38. The van der Waals surface area contributed by atoms with E-state index in [9.17, 15) is 9.59 Å². The van der Waals surface area contributed by atoms with Crippen LogP contribution in [-0.4, -0.2) is 18.4 Å². The van der Waals surface area contributed by atoms with Gasteiger partial charge in [0.05, 0.1) is 5.92 Å². The Morgan fingerprint density at radius 2 is 1.62 bits per heavy atom. The molecule has 124 valence electrons. The number of anilines is 2. The van der Waals surface area contributed by atoms with Crippen LogP contribution in [0.25, 0.3) is 0 Å². The Morgan fingerprint density at radius 3 is 2.29 bits per heavy atom. The molecule has 2 aromatic carbocycles. The largest absolute Gasteiger partial charge is 0.326 e. The summed E-state index contributed by atoms with van der Waals surface area (Å²) in [5.74, 6) is -0.403. The number of hydrogen-bond donors (Lipinski definition) is 1. The van der Waals surface area contributed by atoms with Crippen LogP contribution in [0.1, 0.15) is 23.1 Å². The summed E-state index contributed by atoms with van der Waals surface area (Å²) in [6, 6.07) is 13.6. The maximum absolute atomic E-state index is 12.6. The highest BCUT2D eigenvalue weighted by Gasteiger charge is 2.36. The third kappa shape index (κ3) is 3.04. The first-order valence-electron chi connectivity index (χ1n) is 8.20. The lowest BCUT2D eigenvalue weighted by molar-refractivity contribution is -0.122. The van der Waals surface area contributed by atoms with Crippen molar-refractivity contribution in [2.75, 3.05) is 16.8 Å². The van der Waals surface area contributed by atoms with Crippen LogP contribution >= 0.6 is 0 Å². The Hall–Kier alpha value is -2.62. The summed E-state index contributed by atoms with van der Waals surface area (Å²) in [5.41, 5.74) is 4.88. The van der Waals surface area contributed by atoms with Gasteiger partial charge in [-0.25, -0.2) is 0 Å². The fourth-order valence-electron chi connectivity index (χ4n) is 3.28. The number of rotatable bonds is 3. The quantitative estimate of drug-likeness (QED) is 0.938. The van der Waals surface area contributed by atoms with Crippen molar-refractivity contribution in [3.8, 4) is 0 Å². The Labute approximate surface area is 142 Å². The molecular formula is C20H22N2O2. The number of nitrogens with zero attached hydrogens (tertiary/aromatic N) is 1. The van der Waals surface area contributed by atoms with E-state index in [-0.39, 0.29) is 24.2 Å². The minimum atomic E-state index is -0.323. The predicted molar refractivity (Wildman–Crippen MR) is 96.2 cm³/mol. The van der Waals surface area contributed by atoms with Crippen LogP contribution in [0.3, 0.4) is 0 Å². The molecule has 4 nitrogen and oxygen atoms in total. The molecule has 1 heterocycles. The van der Waals surface area contributed by atoms with Crippen LogP contribution in [0, 0.1) is 26.7 Å². The van der Waals surface area contributed by atoms with Gasteiger partial charge in [0.15, 0.2) is 0 Å². The van der Waals surface area contributed by atoms with E-state index < -0.39 is 0 Å². The van der Waals surface area contributed by atoms with E-state index in [1.54, 1.807) is 4.90 Å². The fraction of sp³-hybridized carbons (Fsp3) is 0.300. The molecule has 1 fully saturated rings. The number of carbonyl (C=O) groups excluding carboxylic acids is 2. The number of benzene rings is 2. The van der Waals surface area contributed by atoms with Crippen molar-refractivity contribution in [3.63, 3.8) is 0 Å². The molecule has 24 heavy (non-hydrogen) atoms. The van der Waals surface area contributed by atoms with E-state index >= 15 is 0 Å². The highest BCUT2D eigenvalue weighted by molar-refractivity contribution is 6.04. The van der Waals surface area contributed by atoms with Crippen molar-refractivity contribution in [3.05, 3.63) is 59.2 Å². The summed E-state index contributed by atoms with van der Waals surface area (Å²) in [4.78, 5) is 26.8. The topological polar surface area (TPSA) is 49.4 Å². The van der Waals surface area contributed by atoms with E-state index in [0.29, 0.717) is 6.54 Å². The summed E-state index contributed by atoms with van der Waals surface area (Å²) in [5, 5.41) is 2.96. The smallest absolute Gasteiger partial charge is 0.229 e. The van der Waals surface area contributed by atoms with Gasteiger partial charge in [-0.3, -0.25) is 9.59 Å². The van der Waals surface area contributed by atoms with E-state index in [1.165, 1.54) is 0 Å². The molecule has 1 saturated heterocycles. The van der Waals surface area contributed by atoms with Crippen LogP contribution in [0.5, 0.6) is 0 Å². The van der Waals surface area contributed by atoms with Crippen molar-refractivity contribution in [2.24, 2.45) is 5.92 Å². The molecular weight excluding hydrogens is 300 g/mol. The van der Waals surface area contributed by atoms with Crippen molar-refractivity contribution in [1.29, 1.82) is 0 Å². The van der Waals surface area contributed by atoms with Crippen molar-refractivity contribution < 1.29 is 9.59 Å². The number of para-hydroxylation sites is 2. The lowest BCUT2D eigenvalue weighted by Gasteiger charge is -2.21. The first-order chi connectivity index (χ1) is 11.5. The van der Waals surface area contributed by atoms with Crippen molar-refractivity contribution >= 4 is 23.2 Å². The van der Waals surface area contributed by atoms with Gasteiger partial charge in [-0.05, 0) is 43.5 Å². The molecule has 0 saturated carbocycles. The summed E-state index contributed by atoms with van der Waals surface area (Å²) < 4.78 is 0. The number of amides is 2. The zero-order chi connectivity index (χ0) is 17.3. The van der Waals surface area contributed by atoms with Gasteiger partial charge < -0.3 is 10.2 Å². The third-order valence-electron chi connectivity index (χ3n) is 4.61. The first-order valence-corrected chi connectivity index (χ1v) is 8.20. The lowest BCUT2D eigenvalue weighted by atomic mass is 10.1. The number of hydrogen-bond acceptors (Lipinski definition) is 2. The van der Waals surface area contributed by atoms with Gasteiger partial charge in [0.25, 0.3) is 0 Å². The van der Waals surface area contributed by atoms with Crippen LogP contribution in [0.2, 0.25) is 0 Å². The van der Waals surface area contributed by atoms with E-state index in [0.717, 1.165) is 28.1 Å². The summed E-state index contributed by atoms with van der Waals surface area (Å²) in [7, 11) is 0. The molecule has 1 atom stereocenters. The average Bonchev–Trinajstić information content (AvgIpc) is 2.91. The lowest BCUT2D eigenvalue weighted by Crippen LogP contribution is -2.29. The predicted octanol–water partition coefficient (Wildman–Crippen LogP) is 3.60. The van der Waals surface area contributed by atoms with Gasteiger partial charge in [0, 0.05) is 24.3 Å². The molecule has 0 aliphatic carbocycles. The second-order valence-electron chi connectivity index (χ2n) is 6.45. The zero-order valence-electron chi connectivity index (χ0n) is 14.3. The molecule has 2 amide bonds. The monoisotopic (exact) mass is 322 g/mol. The molecule has 3 rings (SSSR count). The summed E-state index contributed by atoms with van der Waals surface area (Å²) in [6.07, 6.45) is 0.255. The molecule has 1 aliphatic heterocycles. The second kappa shape index (κ2) is 6.48. The Balaban J connectivity index is 1.77. The average molecular weight is 322 g/mol. The molecule has 4 heteroatoms. The highest BCUT2D eigenvalue weighted by atomic mass is 16.2. The van der Waals surface area contributed by atoms with Gasteiger partial charge in [0.2, 0.25) is 11.8 Å². The Morgan fingerprint density at radius 1 is 1.00 bits per heavy atom. The molecule has 2 aromatic rings. The van der Waals surface area contributed by atoms with Gasteiger partial charge in [-0.2, -0.15) is 0 Å². The van der Waals surface area contributed by atoms with Crippen LogP contribution in [-0.2, 0) is 9.59 Å². The van der Waals surface area contributed by atoms with Gasteiger partial charge in [-0.15, -0.1) is 0 Å². The van der Waals surface area contributed by atoms with E-state index in [4.69, 9.17) is 0 Å². The number of nitrogens with one attached hydrogen (secondary N) is 1. The molecule has 0 unspecified atom stereocenters. The van der Waals surface area contributed by atoms with Gasteiger partial charge in [-0.1, -0.05) is 36.4 Å². The Bertz CT molecular complexity index is 778. The summed E-state index contributed by atoms with van der Waals surface area (Å²) in [6.45, 7) is 6.38. The van der Waals surface area contributed by atoms with E-state index in [2.05, 4.69) is 5.32 Å². The molecule has 0 radical (unpaired) electrons. The van der Waals surface area contributed by atoms with Crippen LogP contribution in [0.4, 0.5) is 11.4 Å². The van der Waals surface area contributed by atoms with Gasteiger partial charge in [0.1, 0.15) is 0 Å². The normalized spacial score (nSPS) is 17.2. The number of aryl methyl sites for hydroxylation is 3. The van der Waals surface area contributed by atoms with Crippen LogP contribution < -0.4 is 10.2 Å². The summed E-state index contributed by atoms with van der Waals surface area (Å²) >= 11 is 0. The highest BCUT2D eigenvalue weighted by Crippen LogP contribution is 2.31. The minimum absolute atomic E-state index is 0.0114. The minimum Gasteiger partial charge on any atom is -0.326 e. The maximum Gasteiger partial charge on any atom is 0.229 e. The molecule has 1 N–H and O–H groups in total. The maximum atomic E-state index is 12.6. The zero-order valence-corrected chi connectivity index (χ0v) is 14.3. The standard InChI is InChI=1S/C20H22N2O2/c1-13-7-4-5-10-17(13)21-20(24)16-11-18(23)22(12-16)19-14(2)8-6-9-15(19)3/h4-10,16H,11-12H2,1-3H3,(H,21,24)/t16-/m0/s1. The van der Waals surface area contributed by atoms with Crippen molar-refractivity contribution in [2.45, 2.75) is 27.2 Å².